The number of allylic oxidation sites excluding steroid dienone is 9. The summed E-state index contributed by atoms with van der Waals surface area (Å²) in [5.41, 5.74) is 8.20. The van der Waals surface area contributed by atoms with Gasteiger partial charge in [-0.2, -0.15) is 0 Å². The Hall–Kier alpha value is -2.93. The third-order valence-corrected chi connectivity index (χ3v) is 5.12. The fourth-order valence-electron chi connectivity index (χ4n) is 4.05. The molecule has 0 radical (unpaired) electrons. The number of nitrogens with zero attached hydrogens (tertiary/aromatic N) is 1. The quantitative estimate of drug-likeness (QED) is 0.704. The van der Waals surface area contributed by atoms with Gasteiger partial charge < -0.3 is 0 Å². The molecule has 1 aromatic carbocycles. The van der Waals surface area contributed by atoms with Crippen molar-refractivity contribution >= 4 is 6.08 Å². The first-order chi connectivity index (χ1) is 11.9. The van der Waals surface area contributed by atoms with Crippen LogP contribution in [0.25, 0.3) is 6.08 Å². The van der Waals surface area contributed by atoms with E-state index in [0.29, 0.717) is 5.92 Å². The lowest BCUT2D eigenvalue weighted by molar-refractivity contribution is 0.865. The zero-order chi connectivity index (χ0) is 15.9. The minimum atomic E-state index is 0.266. The van der Waals surface area contributed by atoms with Crippen molar-refractivity contribution in [3.8, 4) is 0 Å². The fourth-order valence-corrected chi connectivity index (χ4v) is 4.05. The molecule has 1 heterocycles. The van der Waals surface area contributed by atoms with E-state index in [1.165, 1.54) is 33.4 Å². The second-order valence-electron chi connectivity index (χ2n) is 6.44. The maximum absolute atomic E-state index is 4.21. The number of pyridine rings is 1. The average Bonchev–Trinajstić information content (AvgIpc) is 2.66. The Kier molecular flexibility index (Phi) is 2.99. The summed E-state index contributed by atoms with van der Waals surface area (Å²) < 4.78 is 0. The molecule has 2 aromatic rings. The Bertz CT molecular complexity index is 955. The zero-order valence-electron chi connectivity index (χ0n) is 13.3. The highest BCUT2D eigenvalue weighted by Gasteiger charge is 2.32. The van der Waals surface area contributed by atoms with E-state index in [1.807, 2.05) is 12.4 Å². The van der Waals surface area contributed by atoms with Crippen molar-refractivity contribution in [1.82, 2.24) is 4.98 Å². The summed E-state index contributed by atoms with van der Waals surface area (Å²) in [5, 5.41) is 0. The number of benzene rings is 1. The van der Waals surface area contributed by atoms with Crippen molar-refractivity contribution in [3.63, 3.8) is 0 Å². The monoisotopic (exact) mass is 307 g/mol. The molecule has 2 atom stereocenters. The Balaban J connectivity index is 1.82. The van der Waals surface area contributed by atoms with E-state index in [4.69, 9.17) is 0 Å². The van der Waals surface area contributed by atoms with Gasteiger partial charge in [-0.3, -0.25) is 4.98 Å². The van der Waals surface area contributed by atoms with Crippen LogP contribution in [0.3, 0.4) is 0 Å². The topological polar surface area (TPSA) is 12.9 Å². The van der Waals surface area contributed by atoms with Gasteiger partial charge in [0.05, 0.1) is 0 Å². The van der Waals surface area contributed by atoms with E-state index in [0.717, 1.165) is 0 Å². The van der Waals surface area contributed by atoms with Crippen LogP contribution in [0.2, 0.25) is 0 Å². The molecule has 1 heteroatoms. The lowest BCUT2D eigenvalue weighted by atomic mass is 9.69. The highest BCUT2D eigenvalue weighted by Crippen LogP contribution is 2.48. The van der Waals surface area contributed by atoms with E-state index >= 15 is 0 Å². The largest absolute Gasteiger partial charge is 0.265 e. The normalized spacial score (nSPS) is 23.4. The number of hydrogen-bond donors (Lipinski definition) is 0. The first kappa shape index (κ1) is 13.5. The molecular weight excluding hydrogens is 290 g/mol. The van der Waals surface area contributed by atoms with Crippen LogP contribution in [-0.2, 0) is 0 Å². The van der Waals surface area contributed by atoms with Crippen LogP contribution < -0.4 is 0 Å². The standard InChI is InChI=1S/C23H17N/c1-3-7-20-16(5-1)9-10-19-15-18-6-2-4-8-21(18)22(23(19)20)17-11-13-24-14-12-17/h1-16,22H. The summed E-state index contributed by atoms with van der Waals surface area (Å²) in [6.07, 6.45) is 19.6. The van der Waals surface area contributed by atoms with E-state index in [-0.39, 0.29) is 5.92 Å². The highest BCUT2D eigenvalue weighted by atomic mass is 14.6. The van der Waals surface area contributed by atoms with Crippen LogP contribution in [0.1, 0.15) is 22.6 Å². The van der Waals surface area contributed by atoms with Gasteiger partial charge in [0.25, 0.3) is 0 Å². The van der Waals surface area contributed by atoms with E-state index in [1.54, 1.807) is 0 Å². The Morgan fingerprint density at radius 2 is 1.71 bits per heavy atom. The smallest absolute Gasteiger partial charge is 0.0356 e. The van der Waals surface area contributed by atoms with E-state index in [9.17, 15) is 0 Å². The van der Waals surface area contributed by atoms with Crippen molar-refractivity contribution in [3.05, 3.63) is 119 Å². The molecule has 1 aromatic heterocycles. The van der Waals surface area contributed by atoms with Gasteiger partial charge >= 0.3 is 0 Å². The average molecular weight is 307 g/mol. The lowest BCUT2D eigenvalue weighted by Crippen LogP contribution is -2.18. The van der Waals surface area contributed by atoms with Gasteiger partial charge in [0.1, 0.15) is 0 Å². The van der Waals surface area contributed by atoms with Gasteiger partial charge in [0.2, 0.25) is 0 Å². The summed E-state index contributed by atoms with van der Waals surface area (Å²) in [5.74, 6) is 0.652. The summed E-state index contributed by atoms with van der Waals surface area (Å²) >= 11 is 0. The summed E-state index contributed by atoms with van der Waals surface area (Å²) in [7, 11) is 0. The Morgan fingerprint density at radius 3 is 2.62 bits per heavy atom. The molecule has 2 unspecified atom stereocenters. The van der Waals surface area contributed by atoms with E-state index in [2.05, 4.69) is 83.9 Å². The third kappa shape index (κ3) is 1.98. The molecule has 0 saturated heterocycles. The fraction of sp³-hybridized carbons (Fsp3) is 0.0870. The van der Waals surface area contributed by atoms with Crippen molar-refractivity contribution in [2.75, 3.05) is 0 Å². The van der Waals surface area contributed by atoms with Crippen LogP contribution in [0.5, 0.6) is 0 Å². The molecule has 3 aliphatic rings. The lowest BCUT2D eigenvalue weighted by Gasteiger charge is -2.34. The molecule has 0 amide bonds. The predicted octanol–water partition coefficient (Wildman–Crippen LogP) is 5.22. The SMILES string of the molecule is C1=CC2=C3C(=Cc4ccccc4C3c3ccncc3)C=CC2C=C1. The van der Waals surface area contributed by atoms with Gasteiger partial charge in [0.15, 0.2) is 0 Å². The van der Waals surface area contributed by atoms with Crippen molar-refractivity contribution < 1.29 is 0 Å². The second kappa shape index (κ2) is 5.31. The Morgan fingerprint density at radius 1 is 0.833 bits per heavy atom. The molecule has 3 aliphatic carbocycles. The molecule has 1 nitrogen and oxygen atoms in total. The van der Waals surface area contributed by atoms with Crippen molar-refractivity contribution in [2.45, 2.75) is 5.92 Å². The molecule has 0 N–H and O–H groups in total. The van der Waals surface area contributed by atoms with Crippen molar-refractivity contribution in [2.24, 2.45) is 5.92 Å². The van der Waals surface area contributed by atoms with Gasteiger partial charge in [-0.15, -0.1) is 0 Å². The third-order valence-electron chi connectivity index (χ3n) is 5.12. The highest BCUT2D eigenvalue weighted by molar-refractivity contribution is 5.76. The second-order valence-corrected chi connectivity index (χ2v) is 6.44. The van der Waals surface area contributed by atoms with Crippen molar-refractivity contribution in [1.29, 1.82) is 0 Å². The number of aromatic nitrogens is 1. The molecule has 5 rings (SSSR count). The van der Waals surface area contributed by atoms with E-state index < -0.39 is 0 Å². The number of rotatable bonds is 1. The van der Waals surface area contributed by atoms with Gasteiger partial charge in [0, 0.05) is 24.2 Å². The number of hydrogen-bond acceptors (Lipinski definition) is 1. The molecule has 0 bridgehead atoms. The minimum Gasteiger partial charge on any atom is -0.265 e. The summed E-state index contributed by atoms with van der Waals surface area (Å²) in [6, 6.07) is 13.0. The maximum Gasteiger partial charge on any atom is 0.0356 e. The van der Waals surface area contributed by atoms with Gasteiger partial charge in [-0.25, -0.2) is 0 Å². The molecule has 114 valence electrons. The van der Waals surface area contributed by atoms with Crippen LogP contribution in [0.4, 0.5) is 0 Å². The molecule has 0 saturated carbocycles. The molecule has 0 spiro atoms. The zero-order valence-corrected chi connectivity index (χ0v) is 13.3. The molecule has 0 fully saturated rings. The molecule has 0 aliphatic heterocycles. The van der Waals surface area contributed by atoms with Gasteiger partial charge in [-0.1, -0.05) is 60.7 Å². The van der Waals surface area contributed by atoms with Crippen LogP contribution >= 0.6 is 0 Å². The predicted molar refractivity (Wildman–Crippen MR) is 98.4 cm³/mol. The first-order valence-electron chi connectivity index (χ1n) is 8.40. The summed E-state index contributed by atoms with van der Waals surface area (Å²) in [4.78, 5) is 4.21. The minimum absolute atomic E-state index is 0.266. The van der Waals surface area contributed by atoms with Crippen LogP contribution in [0, 0.1) is 5.92 Å². The molecular formula is C23H17N. The van der Waals surface area contributed by atoms with Gasteiger partial charge in [-0.05, 0) is 51.6 Å². The number of fused-ring (bicyclic) bond motifs is 3. The van der Waals surface area contributed by atoms with Crippen LogP contribution in [-0.4, -0.2) is 4.98 Å². The molecule has 24 heavy (non-hydrogen) atoms. The first-order valence-corrected chi connectivity index (χ1v) is 8.40. The maximum atomic E-state index is 4.21. The van der Waals surface area contributed by atoms with Crippen LogP contribution in [0.15, 0.2) is 102 Å². The Labute approximate surface area is 142 Å². The summed E-state index contributed by atoms with van der Waals surface area (Å²) in [6.45, 7) is 0.